The molecule has 0 saturated heterocycles. The Labute approximate surface area is 107 Å². The highest BCUT2D eigenvalue weighted by atomic mass is 16.1. The maximum absolute atomic E-state index is 12.2. The molecule has 0 aliphatic carbocycles. The van der Waals surface area contributed by atoms with Gasteiger partial charge in [-0.1, -0.05) is 0 Å². The lowest BCUT2D eigenvalue weighted by atomic mass is 10.1. The monoisotopic (exact) mass is 243 g/mol. The van der Waals surface area contributed by atoms with Gasteiger partial charge in [-0.25, -0.2) is 0 Å². The van der Waals surface area contributed by atoms with Crippen molar-refractivity contribution in [1.29, 1.82) is 0 Å². The van der Waals surface area contributed by atoms with Crippen molar-refractivity contribution in [3.05, 3.63) is 47.0 Å². The number of hydrogen-bond donors (Lipinski definition) is 0. The SMILES string of the molecule is CCn1nc(C)cc1CC(=O)c1cncc(C)c1. The van der Waals surface area contributed by atoms with E-state index in [4.69, 9.17) is 0 Å². The zero-order valence-electron chi connectivity index (χ0n) is 11.0. The van der Waals surface area contributed by atoms with Gasteiger partial charge in [-0.2, -0.15) is 5.10 Å². The van der Waals surface area contributed by atoms with Gasteiger partial charge >= 0.3 is 0 Å². The molecule has 4 heteroatoms. The largest absolute Gasteiger partial charge is 0.294 e. The van der Waals surface area contributed by atoms with E-state index in [0.717, 1.165) is 23.5 Å². The maximum Gasteiger partial charge on any atom is 0.170 e. The number of hydrogen-bond acceptors (Lipinski definition) is 3. The van der Waals surface area contributed by atoms with Gasteiger partial charge in [-0.05, 0) is 38.5 Å². The van der Waals surface area contributed by atoms with E-state index >= 15 is 0 Å². The Bertz CT molecular complexity index is 572. The third-order valence-electron chi connectivity index (χ3n) is 2.82. The minimum atomic E-state index is 0.0841. The number of ketones is 1. The van der Waals surface area contributed by atoms with Crippen LogP contribution in [0.4, 0.5) is 0 Å². The van der Waals surface area contributed by atoms with Crippen LogP contribution in [-0.2, 0) is 13.0 Å². The van der Waals surface area contributed by atoms with Crippen molar-refractivity contribution >= 4 is 5.78 Å². The Morgan fingerprint density at radius 2 is 2.06 bits per heavy atom. The second-order valence-electron chi connectivity index (χ2n) is 4.44. The number of Topliss-reactive ketones (excluding diaryl/α,β-unsaturated/α-hetero) is 1. The van der Waals surface area contributed by atoms with Gasteiger partial charge in [0.2, 0.25) is 0 Å². The molecule has 2 aromatic rings. The molecule has 0 atom stereocenters. The average molecular weight is 243 g/mol. The first kappa shape index (κ1) is 12.5. The van der Waals surface area contributed by atoms with Gasteiger partial charge in [0.25, 0.3) is 0 Å². The van der Waals surface area contributed by atoms with E-state index in [9.17, 15) is 4.79 Å². The van der Waals surface area contributed by atoms with E-state index in [1.807, 2.05) is 37.6 Å². The lowest BCUT2D eigenvalue weighted by molar-refractivity contribution is 0.0990. The molecular weight excluding hydrogens is 226 g/mol. The third-order valence-corrected chi connectivity index (χ3v) is 2.82. The summed E-state index contributed by atoms with van der Waals surface area (Å²) in [7, 11) is 0. The van der Waals surface area contributed by atoms with Gasteiger partial charge in [-0.15, -0.1) is 0 Å². The van der Waals surface area contributed by atoms with E-state index < -0.39 is 0 Å². The molecule has 18 heavy (non-hydrogen) atoms. The van der Waals surface area contributed by atoms with Crippen LogP contribution in [0.1, 0.15) is 34.2 Å². The standard InChI is InChI=1S/C14H17N3O/c1-4-17-13(6-11(3)16-17)7-14(18)12-5-10(2)8-15-9-12/h5-6,8-9H,4,7H2,1-3H3. The van der Waals surface area contributed by atoms with Crippen molar-refractivity contribution < 1.29 is 4.79 Å². The van der Waals surface area contributed by atoms with Gasteiger partial charge < -0.3 is 0 Å². The summed E-state index contributed by atoms with van der Waals surface area (Å²) >= 11 is 0. The highest BCUT2D eigenvalue weighted by Crippen LogP contribution is 2.10. The smallest absolute Gasteiger partial charge is 0.170 e. The molecule has 0 bridgehead atoms. The van der Waals surface area contributed by atoms with Crippen molar-refractivity contribution in [2.24, 2.45) is 0 Å². The summed E-state index contributed by atoms with van der Waals surface area (Å²) in [6.07, 6.45) is 3.74. The number of aromatic nitrogens is 3. The number of pyridine rings is 1. The predicted octanol–water partition coefficient (Wildman–Crippen LogP) is 2.34. The van der Waals surface area contributed by atoms with Crippen LogP contribution >= 0.6 is 0 Å². The minimum Gasteiger partial charge on any atom is -0.294 e. The van der Waals surface area contributed by atoms with Crippen LogP contribution < -0.4 is 0 Å². The lowest BCUT2D eigenvalue weighted by Crippen LogP contribution is -2.10. The van der Waals surface area contributed by atoms with Crippen LogP contribution in [-0.4, -0.2) is 20.5 Å². The number of aryl methyl sites for hydroxylation is 3. The van der Waals surface area contributed by atoms with Crippen LogP contribution in [0.3, 0.4) is 0 Å². The molecule has 0 unspecified atom stereocenters. The van der Waals surface area contributed by atoms with Gasteiger partial charge in [-0.3, -0.25) is 14.5 Å². The second-order valence-corrected chi connectivity index (χ2v) is 4.44. The summed E-state index contributed by atoms with van der Waals surface area (Å²) in [5, 5.41) is 4.34. The van der Waals surface area contributed by atoms with Crippen LogP contribution in [0, 0.1) is 13.8 Å². The lowest BCUT2D eigenvalue weighted by Gasteiger charge is -2.04. The van der Waals surface area contributed by atoms with Gasteiger partial charge in [0.15, 0.2) is 5.78 Å². The summed E-state index contributed by atoms with van der Waals surface area (Å²) in [5.41, 5.74) is 3.57. The fourth-order valence-corrected chi connectivity index (χ4v) is 1.99. The van der Waals surface area contributed by atoms with Gasteiger partial charge in [0.05, 0.1) is 12.1 Å². The fourth-order valence-electron chi connectivity index (χ4n) is 1.99. The Hall–Kier alpha value is -1.97. The molecule has 0 fully saturated rings. The first-order valence-corrected chi connectivity index (χ1v) is 6.08. The molecule has 2 rings (SSSR count). The highest BCUT2D eigenvalue weighted by molar-refractivity contribution is 5.97. The second kappa shape index (κ2) is 5.12. The van der Waals surface area contributed by atoms with Gasteiger partial charge in [0, 0.05) is 30.2 Å². The Morgan fingerprint density at radius 1 is 1.28 bits per heavy atom. The number of carbonyl (C=O) groups is 1. The Morgan fingerprint density at radius 3 is 2.72 bits per heavy atom. The van der Waals surface area contributed by atoms with Crippen LogP contribution in [0.15, 0.2) is 24.5 Å². The molecule has 0 spiro atoms. The molecule has 94 valence electrons. The van der Waals surface area contributed by atoms with E-state index in [0.29, 0.717) is 12.0 Å². The first-order valence-electron chi connectivity index (χ1n) is 6.08. The van der Waals surface area contributed by atoms with E-state index in [1.165, 1.54) is 0 Å². The number of carbonyl (C=O) groups excluding carboxylic acids is 1. The molecule has 0 aromatic carbocycles. The van der Waals surface area contributed by atoms with Crippen molar-refractivity contribution in [2.45, 2.75) is 33.7 Å². The average Bonchev–Trinajstić information content (AvgIpc) is 2.69. The topological polar surface area (TPSA) is 47.8 Å². The highest BCUT2D eigenvalue weighted by Gasteiger charge is 2.12. The van der Waals surface area contributed by atoms with Crippen molar-refractivity contribution in [3.63, 3.8) is 0 Å². The molecule has 2 aromatic heterocycles. The fraction of sp³-hybridized carbons (Fsp3) is 0.357. The summed E-state index contributed by atoms with van der Waals surface area (Å²) in [6, 6.07) is 3.83. The van der Waals surface area contributed by atoms with Crippen LogP contribution in [0.2, 0.25) is 0 Å². The summed E-state index contributed by atoms with van der Waals surface area (Å²) in [6.45, 7) is 6.68. The Kier molecular flexibility index (Phi) is 3.55. The normalized spacial score (nSPS) is 10.6. The summed E-state index contributed by atoms with van der Waals surface area (Å²) in [4.78, 5) is 16.2. The summed E-state index contributed by atoms with van der Waals surface area (Å²) < 4.78 is 1.87. The molecule has 2 heterocycles. The zero-order valence-corrected chi connectivity index (χ0v) is 11.0. The maximum atomic E-state index is 12.2. The third kappa shape index (κ3) is 2.64. The molecule has 0 saturated carbocycles. The van der Waals surface area contributed by atoms with Crippen molar-refractivity contribution in [1.82, 2.24) is 14.8 Å². The predicted molar refractivity (Wildman–Crippen MR) is 69.6 cm³/mol. The summed E-state index contributed by atoms with van der Waals surface area (Å²) in [5.74, 6) is 0.0841. The molecule has 0 radical (unpaired) electrons. The minimum absolute atomic E-state index is 0.0841. The van der Waals surface area contributed by atoms with E-state index in [2.05, 4.69) is 10.1 Å². The van der Waals surface area contributed by atoms with Crippen molar-refractivity contribution in [3.8, 4) is 0 Å². The zero-order chi connectivity index (χ0) is 13.1. The van der Waals surface area contributed by atoms with Crippen molar-refractivity contribution in [2.75, 3.05) is 0 Å². The van der Waals surface area contributed by atoms with E-state index in [-0.39, 0.29) is 5.78 Å². The molecule has 0 N–H and O–H groups in total. The quantitative estimate of drug-likeness (QED) is 0.774. The van der Waals surface area contributed by atoms with Crippen LogP contribution in [0.25, 0.3) is 0 Å². The molecule has 0 aliphatic heterocycles. The van der Waals surface area contributed by atoms with Gasteiger partial charge in [0.1, 0.15) is 0 Å². The molecule has 4 nitrogen and oxygen atoms in total. The number of rotatable bonds is 4. The molecular formula is C14H17N3O. The molecule has 0 amide bonds. The number of nitrogens with zero attached hydrogens (tertiary/aromatic N) is 3. The van der Waals surface area contributed by atoms with E-state index in [1.54, 1.807) is 12.4 Å². The first-order chi connectivity index (χ1) is 8.60. The Balaban J connectivity index is 2.21. The van der Waals surface area contributed by atoms with Crippen LogP contribution in [0.5, 0.6) is 0 Å². The molecule has 0 aliphatic rings.